The van der Waals surface area contributed by atoms with Crippen molar-refractivity contribution in [3.05, 3.63) is 130 Å². The minimum atomic E-state index is -0.171. The van der Waals surface area contributed by atoms with E-state index in [0.29, 0.717) is 0 Å². The van der Waals surface area contributed by atoms with E-state index in [1.807, 2.05) is 32.0 Å². The van der Waals surface area contributed by atoms with Gasteiger partial charge in [-0.1, -0.05) is 68.1 Å². The second kappa shape index (κ2) is 13.6. The van der Waals surface area contributed by atoms with E-state index in [-0.39, 0.29) is 5.82 Å². The van der Waals surface area contributed by atoms with E-state index in [4.69, 9.17) is 0 Å². The Labute approximate surface area is 235 Å². The molecule has 4 rings (SSSR count). The Morgan fingerprint density at radius 3 is 2.56 bits per heavy atom. The Balaban J connectivity index is 1.60. The van der Waals surface area contributed by atoms with Crippen molar-refractivity contribution >= 4 is 11.1 Å². The maximum atomic E-state index is 14.0. The van der Waals surface area contributed by atoms with E-state index in [1.54, 1.807) is 12.1 Å². The summed E-state index contributed by atoms with van der Waals surface area (Å²) in [6.45, 7) is 10.1. The van der Waals surface area contributed by atoms with Crippen LogP contribution >= 0.6 is 0 Å². The van der Waals surface area contributed by atoms with Crippen LogP contribution in [0.4, 0.5) is 4.39 Å². The van der Waals surface area contributed by atoms with Gasteiger partial charge in [0.1, 0.15) is 5.82 Å². The zero-order chi connectivity index (χ0) is 27.8. The summed E-state index contributed by atoms with van der Waals surface area (Å²) < 4.78 is 14.0. The van der Waals surface area contributed by atoms with E-state index in [1.165, 1.54) is 44.5 Å². The second-order valence-electron chi connectivity index (χ2n) is 10.8. The molecule has 0 fully saturated rings. The summed E-state index contributed by atoms with van der Waals surface area (Å²) in [7, 11) is 4.01. The van der Waals surface area contributed by atoms with Crippen LogP contribution in [-0.4, -0.2) is 32.1 Å². The first-order valence-electron chi connectivity index (χ1n) is 14.3. The Hall–Kier alpha value is -3.43. The van der Waals surface area contributed by atoms with E-state index < -0.39 is 0 Å². The summed E-state index contributed by atoms with van der Waals surface area (Å²) in [5.41, 5.74) is 12.7. The van der Waals surface area contributed by atoms with Gasteiger partial charge in [-0.25, -0.2) is 4.39 Å². The lowest BCUT2D eigenvalue weighted by Crippen LogP contribution is -2.16. The van der Waals surface area contributed by atoms with Crippen LogP contribution in [-0.2, 0) is 19.3 Å². The number of nitrogens with zero attached hydrogens (tertiary/aromatic N) is 1. The van der Waals surface area contributed by atoms with Crippen LogP contribution < -0.4 is 5.32 Å². The number of likely N-dealkylation sites (N-methyl/N-ethyl adjacent to an activating group) is 1. The van der Waals surface area contributed by atoms with Gasteiger partial charge in [0.05, 0.1) is 0 Å². The molecule has 1 aliphatic carbocycles. The number of hydrogen-bond acceptors (Lipinski definition) is 2. The molecule has 0 saturated carbocycles. The van der Waals surface area contributed by atoms with Crippen LogP contribution in [0.2, 0.25) is 0 Å². The first kappa shape index (κ1) is 28.6. The van der Waals surface area contributed by atoms with Gasteiger partial charge in [0.15, 0.2) is 0 Å². The molecule has 39 heavy (non-hydrogen) atoms. The number of allylic oxidation sites excluding steroid dienone is 2. The fourth-order valence-electron chi connectivity index (χ4n) is 5.55. The van der Waals surface area contributed by atoms with Crippen molar-refractivity contribution in [2.24, 2.45) is 0 Å². The average molecular weight is 523 g/mol. The highest BCUT2D eigenvalue weighted by Crippen LogP contribution is 2.42. The van der Waals surface area contributed by atoms with Crippen LogP contribution in [0.15, 0.2) is 85.1 Å². The number of hydrogen-bond donors (Lipinski definition) is 1. The summed E-state index contributed by atoms with van der Waals surface area (Å²) in [6.07, 6.45) is 10.5. The van der Waals surface area contributed by atoms with Crippen molar-refractivity contribution in [1.82, 2.24) is 10.2 Å². The van der Waals surface area contributed by atoms with Crippen LogP contribution in [0.5, 0.6) is 0 Å². The Kier molecular flexibility index (Phi) is 9.95. The summed E-state index contributed by atoms with van der Waals surface area (Å²) in [5.74, 6) is -0.171. The number of fused-ring (bicyclic) bond motifs is 1. The van der Waals surface area contributed by atoms with E-state index in [2.05, 4.69) is 73.4 Å². The molecule has 3 aromatic rings. The Bertz CT molecular complexity index is 1360. The first-order chi connectivity index (χ1) is 18.9. The van der Waals surface area contributed by atoms with E-state index >= 15 is 0 Å². The van der Waals surface area contributed by atoms with E-state index in [9.17, 15) is 4.39 Å². The third-order valence-electron chi connectivity index (χ3n) is 7.76. The lowest BCUT2D eigenvalue weighted by atomic mass is 9.83. The predicted octanol–water partition coefficient (Wildman–Crippen LogP) is 8.15. The topological polar surface area (TPSA) is 15.3 Å². The minimum Gasteiger partial charge on any atom is -0.378 e. The average Bonchev–Trinajstić information content (AvgIpc) is 3.11. The fourth-order valence-corrected chi connectivity index (χ4v) is 5.55. The zero-order valence-electron chi connectivity index (χ0n) is 24.1. The number of rotatable bonds is 11. The first-order valence-corrected chi connectivity index (χ1v) is 14.3. The Morgan fingerprint density at radius 1 is 1.00 bits per heavy atom. The number of benzene rings is 3. The molecule has 0 aliphatic heterocycles. The molecule has 0 atom stereocenters. The van der Waals surface area contributed by atoms with Crippen molar-refractivity contribution in [3.8, 4) is 0 Å². The molecule has 3 aromatic carbocycles. The van der Waals surface area contributed by atoms with Gasteiger partial charge in [-0.05, 0) is 120 Å². The van der Waals surface area contributed by atoms with Gasteiger partial charge < -0.3 is 10.2 Å². The summed E-state index contributed by atoms with van der Waals surface area (Å²) >= 11 is 0. The smallest absolute Gasteiger partial charge is 0.123 e. The normalized spacial score (nSPS) is 13.5. The monoisotopic (exact) mass is 522 g/mol. The lowest BCUT2D eigenvalue weighted by Gasteiger charge is -2.21. The van der Waals surface area contributed by atoms with Crippen molar-refractivity contribution in [1.29, 1.82) is 0 Å². The third-order valence-corrected chi connectivity index (χ3v) is 7.76. The molecule has 204 valence electrons. The molecular weight excluding hydrogens is 479 g/mol. The van der Waals surface area contributed by atoms with Gasteiger partial charge in [-0.3, -0.25) is 0 Å². The van der Waals surface area contributed by atoms with Crippen molar-refractivity contribution < 1.29 is 4.39 Å². The summed E-state index contributed by atoms with van der Waals surface area (Å²) in [5, 5.41) is 3.51. The van der Waals surface area contributed by atoms with Crippen LogP contribution in [0.3, 0.4) is 0 Å². The highest BCUT2D eigenvalue weighted by atomic mass is 19.1. The van der Waals surface area contributed by atoms with Crippen molar-refractivity contribution in [2.45, 2.75) is 52.4 Å². The fraction of sp³-hybridized carbons (Fsp3) is 0.333. The molecule has 2 nitrogen and oxygen atoms in total. The number of halogens is 1. The van der Waals surface area contributed by atoms with Gasteiger partial charge >= 0.3 is 0 Å². The molecular formula is C36H43FN2. The quantitative estimate of drug-likeness (QED) is 0.202. The maximum absolute atomic E-state index is 14.0. The zero-order valence-corrected chi connectivity index (χ0v) is 24.1. The summed E-state index contributed by atoms with van der Waals surface area (Å²) in [4.78, 5) is 2.01. The maximum Gasteiger partial charge on any atom is 0.123 e. The SMILES string of the molecule is C=C(/C=C/CNCCCc1ccc(C2=C(c3ccc(F)cc3C)CCCc3ccccc32)c(CC)c1)N(C)C. The summed E-state index contributed by atoms with van der Waals surface area (Å²) in [6, 6.07) is 21.2. The number of aryl methyl sites for hydroxylation is 4. The highest BCUT2D eigenvalue weighted by molar-refractivity contribution is 6.01. The van der Waals surface area contributed by atoms with Gasteiger partial charge in [0.25, 0.3) is 0 Å². The molecule has 0 saturated heterocycles. The predicted molar refractivity (Wildman–Crippen MR) is 165 cm³/mol. The van der Waals surface area contributed by atoms with Crippen LogP contribution in [0.1, 0.15) is 65.1 Å². The molecule has 1 N–H and O–H groups in total. The van der Waals surface area contributed by atoms with Crippen molar-refractivity contribution in [2.75, 3.05) is 27.2 Å². The molecule has 3 heteroatoms. The largest absolute Gasteiger partial charge is 0.378 e. The molecule has 1 aliphatic rings. The molecule has 0 bridgehead atoms. The minimum absolute atomic E-state index is 0.171. The second-order valence-corrected chi connectivity index (χ2v) is 10.8. The Morgan fingerprint density at radius 2 is 1.79 bits per heavy atom. The van der Waals surface area contributed by atoms with Gasteiger partial charge in [0, 0.05) is 26.3 Å². The van der Waals surface area contributed by atoms with E-state index in [0.717, 1.165) is 62.9 Å². The molecule has 0 spiro atoms. The van der Waals surface area contributed by atoms with Crippen LogP contribution in [0.25, 0.3) is 11.1 Å². The lowest BCUT2D eigenvalue weighted by molar-refractivity contribution is 0.532. The standard InChI is InChI=1S/C36H43FN2/c1-6-29-25-28(13-11-23-38-22-10-12-27(3)39(4)5)18-20-34(29)36-33-16-8-7-14-30(33)15-9-17-35(36)32-21-19-31(37)24-26(32)2/h7-8,10,12,14,16,18-21,24-25,38H,3,6,9,11,13,15,17,22-23H2,1-2,4-5H3/b12-10+. The molecule has 0 radical (unpaired) electrons. The van der Waals surface area contributed by atoms with Crippen molar-refractivity contribution in [3.63, 3.8) is 0 Å². The van der Waals surface area contributed by atoms with Gasteiger partial charge in [0.2, 0.25) is 0 Å². The number of nitrogens with one attached hydrogen (secondary N) is 1. The molecule has 0 heterocycles. The highest BCUT2D eigenvalue weighted by Gasteiger charge is 2.22. The van der Waals surface area contributed by atoms with Gasteiger partial charge in [-0.2, -0.15) is 0 Å². The van der Waals surface area contributed by atoms with Crippen LogP contribution in [0, 0.1) is 12.7 Å². The molecule has 0 amide bonds. The van der Waals surface area contributed by atoms with Gasteiger partial charge in [-0.15, -0.1) is 0 Å². The molecule has 0 unspecified atom stereocenters. The third kappa shape index (κ3) is 7.16. The molecule has 0 aromatic heterocycles.